The Bertz CT molecular complexity index is 814. The van der Waals surface area contributed by atoms with Gasteiger partial charge in [-0.2, -0.15) is 4.98 Å². The van der Waals surface area contributed by atoms with Crippen molar-refractivity contribution in [3.05, 3.63) is 53.1 Å². The molecule has 27 heavy (non-hydrogen) atoms. The van der Waals surface area contributed by atoms with Crippen LogP contribution >= 0.6 is 0 Å². The monoisotopic (exact) mass is 380 g/mol. The van der Waals surface area contributed by atoms with Gasteiger partial charge in [-0.25, -0.2) is 9.59 Å². The minimum atomic E-state index is -1.31. The number of benzene rings is 1. The molecule has 0 saturated carbocycles. The van der Waals surface area contributed by atoms with Crippen LogP contribution in [0, 0.1) is 0 Å². The molecule has 11 heteroatoms. The van der Waals surface area contributed by atoms with E-state index in [0.717, 1.165) is 4.57 Å². The van der Waals surface area contributed by atoms with Crippen molar-refractivity contribution in [2.24, 2.45) is 0 Å². The number of aliphatic hydroxyl groups excluding tert-OH is 3. The maximum Gasteiger partial charge on any atom is 0.409 e. The molecule has 7 N–H and O–H groups in total. The summed E-state index contributed by atoms with van der Waals surface area (Å²) in [6.07, 6.45) is -4.30. The van der Waals surface area contributed by atoms with Crippen LogP contribution in [0.4, 0.5) is 16.3 Å². The van der Waals surface area contributed by atoms with E-state index in [1.165, 1.54) is 12.3 Å². The molecule has 146 valence electrons. The van der Waals surface area contributed by atoms with Crippen molar-refractivity contribution in [1.82, 2.24) is 9.55 Å². The van der Waals surface area contributed by atoms with Crippen LogP contribution in [-0.2, 0) is 4.74 Å². The van der Waals surface area contributed by atoms with Gasteiger partial charge in [0.1, 0.15) is 24.1 Å². The van der Waals surface area contributed by atoms with E-state index >= 15 is 0 Å². The normalized spacial score (nSPS) is 24.0. The first-order chi connectivity index (χ1) is 12.8. The summed E-state index contributed by atoms with van der Waals surface area (Å²) in [5.41, 5.74) is 5.22. The van der Waals surface area contributed by atoms with Crippen LogP contribution in [-0.4, -0.2) is 61.0 Å². The maximum atomic E-state index is 11.5. The largest absolute Gasteiger partial charge is 0.465 e. The highest BCUT2D eigenvalue weighted by Crippen LogP contribution is 2.27. The fourth-order valence-electron chi connectivity index (χ4n) is 2.37. The highest BCUT2D eigenvalue weighted by Gasteiger charge is 2.43. The molecule has 0 radical (unpaired) electrons. The number of nitrogens with zero attached hydrogens (tertiary/aromatic N) is 2. The fraction of sp³-hybridized carbons (Fsp3) is 0.312. The van der Waals surface area contributed by atoms with Crippen LogP contribution in [0.25, 0.3) is 0 Å². The van der Waals surface area contributed by atoms with Gasteiger partial charge in [0.15, 0.2) is 6.23 Å². The quantitative estimate of drug-likeness (QED) is 0.398. The standard InChI is InChI=1S/C9H13N3O5.C7H7NO2/c10-5-1-2-12(9(16)11-5)8-7(15)6(14)4(3-13)17-8;9-7(10)8-6-4-2-1-3-5-6/h1-2,4,6-8,13-15H,3H2,(H2,10,11,16);1-5,8H,(H,9,10)/t4-,6-,7-,8-;/m1./s1. The number of hydrogen-bond acceptors (Lipinski definition) is 8. The molecule has 2 aromatic rings. The van der Waals surface area contributed by atoms with Crippen LogP contribution in [0.15, 0.2) is 47.4 Å². The Morgan fingerprint density at radius 3 is 2.41 bits per heavy atom. The molecule has 1 saturated heterocycles. The first-order valence-corrected chi connectivity index (χ1v) is 7.85. The minimum Gasteiger partial charge on any atom is -0.465 e. The molecule has 0 spiro atoms. The number of aromatic nitrogens is 2. The second kappa shape index (κ2) is 9.09. The molecule has 1 amide bonds. The molecule has 0 unspecified atom stereocenters. The number of nitrogen functional groups attached to an aromatic ring is 1. The Morgan fingerprint density at radius 2 is 1.89 bits per heavy atom. The lowest BCUT2D eigenvalue weighted by molar-refractivity contribution is -0.0549. The number of carboxylic acid groups (broad SMARTS) is 1. The molecular weight excluding hydrogens is 360 g/mol. The van der Waals surface area contributed by atoms with E-state index in [0.29, 0.717) is 5.69 Å². The van der Waals surface area contributed by atoms with Crippen LogP contribution < -0.4 is 16.7 Å². The Morgan fingerprint density at radius 1 is 1.22 bits per heavy atom. The Hall–Kier alpha value is -2.99. The lowest BCUT2D eigenvalue weighted by atomic mass is 10.1. The van der Waals surface area contributed by atoms with Crippen molar-refractivity contribution in [2.45, 2.75) is 24.5 Å². The van der Waals surface area contributed by atoms with Crippen molar-refractivity contribution in [2.75, 3.05) is 17.7 Å². The predicted molar refractivity (Wildman–Crippen MR) is 94.0 cm³/mol. The van der Waals surface area contributed by atoms with E-state index in [-0.39, 0.29) is 5.82 Å². The number of rotatable bonds is 3. The molecule has 1 aliphatic rings. The van der Waals surface area contributed by atoms with E-state index in [1.54, 1.807) is 24.3 Å². The molecule has 4 atom stereocenters. The van der Waals surface area contributed by atoms with Crippen LogP contribution in [0.1, 0.15) is 6.23 Å². The minimum absolute atomic E-state index is 0.0537. The van der Waals surface area contributed by atoms with E-state index < -0.39 is 42.9 Å². The Kier molecular flexibility index (Phi) is 6.85. The first-order valence-electron chi connectivity index (χ1n) is 7.85. The number of hydrogen-bond donors (Lipinski definition) is 6. The molecular formula is C16H20N4O7. The van der Waals surface area contributed by atoms with Gasteiger partial charge in [-0.15, -0.1) is 0 Å². The summed E-state index contributed by atoms with van der Waals surface area (Å²) in [6.45, 7) is -0.453. The molecule has 1 fully saturated rings. The highest BCUT2D eigenvalue weighted by molar-refractivity contribution is 5.82. The topological polar surface area (TPSA) is 180 Å². The molecule has 1 aromatic carbocycles. The van der Waals surface area contributed by atoms with Crippen molar-refractivity contribution >= 4 is 17.6 Å². The zero-order valence-electron chi connectivity index (χ0n) is 14.0. The second-order valence-electron chi connectivity index (χ2n) is 5.57. The van der Waals surface area contributed by atoms with E-state index in [2.05, 4.69) is 10.3 Å². The lowest BCUT2D eigenvalue weighted by Gasteiger charge is -2.16. The number of para-hydroxylation sites is 1. The number of nitrogens with one attached hydrogen (secondary N) is 1. The van der Waals surface area contributed by atoms with Gasteiger partial charge in [0.2, 0.25) is 0 Å². The SMILES string of the molecule is Nc1ccn([C@@H]2O[C@H](CO)[C@@H](O)[C@H]2O)c(=O)n1.O=C(O)Nc1ccccc1. The van der Waals surface area contributed by atoms with Crippen molar-refractivity contribution < 1.29 is 30.0 Å². The summed E-state index contributed by atoms with van der Waals surface area (Å²) >= 11 is 0. The van der Waals surface area contributed by atoms with Crippen molar-refractivity contribution in [3.63, 3.8) is 0 Å². The van der Waals surface area contributed by atoms with Gasteiger partial charge in [-0.1, -0.05) is 18.2 Å². The zero-order valence-corrected chi connectivity index (χ0v) is 14.0. The van der Waals surface area contributed by atoms with Crippen molar-refractivity contribution in [1.29, 1.82) is 0 Å². The summed E-state index contributed by atoms with van der Waals surface area (Å²) in [4.78, 5) is 25.0. The number of anilines is 2. The third-order valence-corrected chi connectivity index (χ3v) is 3.67. The van der Waals surface area contributed by atoms with Crippen LogP contribution in [0.2, 0.25) is 0 Å². The molecule has 3 rings (SSSR count). The van der Waals surface area contributed by atoms with E-state index in [4.69, 9.17) is 20.7 Å². The van der Waals surface area contributed by atoms with Gasteiger partial charge in [-0.3, -0.25) is 9.88 Å². The molecule has 0 aliphatic carbocycles. The summed E-state index contributed by atoms with van der Waals surface area (Å²) in [6, 6.07) is 10.1. The van der Waals surface area contributed by atoms with Gasteiger partial charge < -0.3 is 30.9 Å². The van der Waals surface area contributed by atoms with Gasteiger partial charge in [0.05, 0.1) is 6.61 Å². The van der Waals surface area contributed by atoms with Gasteiger partial charge >= 0.3 is 11.8 Å². The number of aliphatic hydroxyl groups is 3. The molecule has 11 nitrogen and oxygen atoms in total. The van der Waals surface area contributed by atoms with Gasteiger partial charge in [0, 0.05) is 11.9 Å². The van der Waals surface area contributed by atoms with Gasteiger partial charge in [0.25, 0.3) is 0 Å². The third kappa shape index (κ3) is 5.24. The second-order valence-corrected chi connectivity index (χ2v) is 5.57. The Labute approximate surface area is 153 Å². The summed E-state index contributed by atoms with van der Waals surface area (Å²) in [5, 5.41) is 38.6. The highest BCUT2D eigenvalue weighted by atomic mass is 16.6. The smallest absolute Gasteiger partial charge is 0.409 e. The maximum absolute atomic E-state index is 11.5. The predicted octanol–water partition coefficient (Wildman–Crippen LogP) is -0.787. The summed E-state index contributed by atoms with van der Waals surface area (Å²) < 4.78 is 6.19. The van der Waals surface area contributed by atoms with Crippen molar-refractivity contribution in [3.8, 4) is 0 Å². The molecule has 1 aromatic heterocycles. The third-order valence-electron chi connectivity index (χ3n) is 3.67. The Balaban J connectivity index is 0.000000223. The molecule has 1 aliphatic heterocycles. The fourth-order valence-corrected chi connectivity index (χ4v) is 2.37. The number of ether oxygens (including phenoxy) is 1. The van der Waals surface area contributed by atoms with Crippen LogP contribution in [0.3, 0.4) is 0 Å². The zero-order chi connectivity index (χ0) is 20.0. The molecule has 0 bridgehead atoms. The van der Waals surface area contributed by atoms with Gasteiger partial charge in [-0.05, 0) is 18.2 Å². The number of carbonyl (C=O) groups is 1. The molecule has 2 heterocycles. The summed E-state index contributed by atoms with van der Waals surface area (Å²) in [7, 11) is 0. The average molecular weight is 380 g/mol. The number of nitrogens with two attached hydrogens (primary N) is 1. The van der Waals surface area contributed by atoms with E-state index in [1.807, 2.05) is 6.07 Å². The summed E-state index contributed by atoms with van der Waals surface area (Å²) in [5.74, 6) is 0.0537. The lowest BCUT2D eigenvalue weighted by Crippen LogP contribution is -2.36. The average Bonchev–Trinajstić information content (AvgIpc) is 2.91. The van der Waals surface area contributed by atoms with E-state index in [9.17, 15) is 19.8 Å². The van der Waals surface area contributed by atoms with Crippen LogP contribution in [0.5, 0.6) is 0 Å². The first kappa shape index (κ1) is 20.3. The number of amides is 1.